The predicted octanol–water partition coefficient (Wildman–Crippen LogP) is 5.20. The molecule has 154 valence electrons. The molecule has 0 bridgehead atoms. The third-order valence-corrected chi connectivity index (χ3v) is 4.82. The molecule has 2 heterocycles. The summed E-state index contributed by atoms with van der Waals surface area (Å²) in [5, 5.41) is 5.24. The Bertz CT molecular complexity index is 1110. The molecule has 0 aliphatic rings. The summed E-state index contributed by atoms with van der Waals surface area (Å²) in [6.07, 6.45) is -2.16. The number of hydrogen-bond acceptors (Lipinski definition) is 4. The van der Waals surface area contributed by atoms with E-state index in [1.54, 1.807) is 20.8 Å². The van der Waals surface area contributed by atoms with Crippen LogP contribution in [0.1, 0.15) is 31.5 Å². The fourth-order valence-corrected chi connectivity index (χ4v) is 3.50. The maximum Gasteiger partial charge on any atom is 0.445 e. The van der Waals surface area contributed by atoms with Gasteiger partial charge in [0.1, 0.15) is 11.5 Å². The molecule has 0 atom stereocenters. The van der Waals surface area contributed by atoms with Crippen LogP contribution in [0.5, 0.6) is 0 Å². The maximum absolute atomic E-state index is 13.4. The van der Waals surface area contributed by atoms with Crippen molar-refractivity contribution in [2.75, 3.05) is 0 Å². The van der Waals surface area contributed by atoms with Gasteiger partial charge in [0.25, 0.3) is 0 Å². The average Bonchev–Trinajstić information content (AvgIpc) is 3.09. The first-order valence-electron chi connectivity index (χ1n) is 8.27. The van der Waals surface area contributed by atoms with Crippen molar-refractivity contribution in [1.29, 1.82) is 0 Å². The van der Waals surface area contributed by atoms with Crippen molar-refractivity contribution in [3.05, 3.63) is 45.8 Å². The second-order valence-electron chi connectivity index (χ2n) is 7.14. The van der Waals surface area contributed by atoms with Gasteiger partial charge in [-0.3, -0.25) is 4.79 Å². The van der Waals surface area contributed by atoms with Crippen LogP contribution in [-0.2, 0) is 11.0 Å². The Morgan fingerprint density at radius 2 is 1.97 bits per heavy atom. The van der Waals surface area contributed by atoms with Gasteiger partial charge in [-0.15, -0.1) is 5.10 Å². The smallest absolute Gasteiger partial charge is 0.348 e. The number of alkyl halides is 3. The van der Waals surface area contributed by atoms with Crippen LogP contribution in [0.15, 0.2) is 24.3 Å². The van der Waals surface area contributed by atoms with Gasteiger partial charge in [0, 0.05) is 17.2 Å². The number of hydrogen-bond donors (Lipinski definition) is 1. The summed E-state index contributed by atoms with van der Waals surface area (Å²) in [7, 11) is 0. The van der Waals surface area contributed by atoms with Crippen LogP contribution < -0.4 is 5.32 Å². The fraction of sp³-hybridized carbons (Fsp3) is 0.278. The van der Waals surface area contributed by atoms with E-state index in [1.165, 1.54) is 18.2 Å². The minimum atomic E-state index is -4.64. The molecule has 1 aromatic carbocycles. The summed E-state index contributed by atoms with van der Waals surface area (Å²) < 4.78 is 53.5. The van der Waals surface area contributed by atoms with E-state index in [0.29, 0.717) is 16.9 Å². The monoisotopic (exact) mass is 446 g/mol. The minimum Gasteiger partial charge on any atom is -0.348 e. The molecule has 5 nitrogen and oxygen atoms in total. The molecule has 0 unspecified atom stereocenters. The lowest BCUT2D eigenvalue weighted by molar-refractivity contribution is -0.138. The minimum absolute atomic E-state index is 0.0283. The normalized spacial score (nSPS) is 12.8. The van der Waals surface area contributed by atoms with E-state index in [1.807, 2.05) is 0 Å². The highest BCUT2D eigenvalue weighted by Crippen LogP contribution is 2.37. The van der Waals surface area contributed by atoms with Crippen molar-refractivity contribution in [3.63, 3.8) is 0 Å². The number of halogens is 5. The number of imidazole rings is 1. The van der Waals surface area contributed by atoms with Gasteiger partial charge in [0.05, 0.1) is 10.7 Å². The first kappa shape index (κ1) is 21.3. The Morgan fingerprint density at radius 1 is 1.28 bits per heavy atom. The Balaban J connectivity index is 2.14. The van der Waals surface area contributed by atoms with Crippen molar-refractivity contribution in [2.24, 2.45) is 0 Å². The molecule has 29 heavy (non-hydrogen) atoms. The summed E-state index contributed by atoms with van der Waals surface area (Å²) in [6.45, 7) is 5.36. The molecule has 0 aliphatic carbocycles. The molecule has 0 saturated heterocycles. The first-order chi connectivity index (χ1) is 13.3. The Kier molecular flexibility index (Phi) is 5.44. The van der Waals surface area contributed by atoms with Gasteiger partial charge in [-0.05, 0) is 45.0 Å². The van der Waals surface area contributed by atoms with Crippen molar-refractivity contribution in [1.82, 2.24) is 19.9 Å². The second kappa shape index (κ2) is 7.42. The van der Waals surface area contributed by atoms with Gasteiger partial charge in [0.15, 0.2) is 0 Å². The topological polar surface area (TPSA) is 59.3 Å². The van der Waals surface area contributed by atoms with E-state index in [4.69, 9.17) is 11.6 Å². The summed E-state index contributed by atoms with van der Waals surface area (Å²) in [5.74, 6) is -1.02. The fourth-order valence-electron chi connectivity index (χ4n) is 2.47. The van der Waals surface area contributed by atoms with E-state index in [9.17, 15) is 22.4 Å². The summed E-state index contributed by atoms with van der Waals surface area (Å²) in [5.41, 5.74) is 0.100. The third-order valence-electron chi connectivity index (χ3n) is 3.56. The molecule has 1 amide bonds. The van der Waals surface area contributed by atoms with Gasteiger partial charge in [-0.25, -0.2) is 13.9 Å². The highest BCUT2D eigenvalue weighted by molar-refractivity contribution is 7.16. The molecule has 1 N–H and O–H groups in total. The zero-order chi connectivity index (χ0) is 21.6. The number of carbonyl (C=O) groups excluding carboxylic acids is 1. The van der Waals surface area contributed by atoms with E-state index < -0.39 is 28.4 Å². The highest BCUT2D eigenvalue weighted by atomic mass is 35.5. The summed E-state index contributed by atoms with van der Waals surface area (Å²) in [6, 6.07) is 3.59. The number of rotatable bonds is 3. The number of carbonyl (C=O) groups is 1. The molecule has 11 heteroatoms. The first-order valence-corrected chi connectivity index (χ1v) is 9.47. The third kappa shape index (κ3) is 4.76. The quantitative estimate of drug-likeness (QED) is 0.444. The standard InChI is InChI=1S/C18H15ClF4N4OS/c1-17(2,3)25-13(28)7-6-12-14(10-5-4-9(20)8-11(10)19)24-16-27(12)26-15(29-16)18(21,22)23/h4-8H,1-3H3,(H,25,28)/b7-6+. The number of fused-ring (bicyclic) bond motifs is 1. The maximum atomic E-state index is 13.4. The van der Waals surface area contributed by atoms with Crippen LogP contribution in [0, 0.1) is 5.82 Å². The van der Waals surface area contributed by atoms with Crippen molar-refractivity contribution >= 4 is 39.9 Å². The molecule has 0 aliphatic heterocycles. The molecular weight excluding hydrogens is 432 g/mol. The number of nitrogens with one attached hydrogen (secondary N) is 1. The number of benzene rings is 1. The average molecular weight is 447 g/mol. The van der Waals surface area contributed by atoms with Crippen LogP contribution in [0.4, 0.5) is 17.6 Å². The van der Waals surface area contributed by atoms with Crippen LogP contribution in [0.25, 0.3) is 22.3 Å². The highest BCUT2D eigenvalue weighted by Gasteiger charge is 2.36. The molecule has 0 radical (unpaired) electrons. The van der Waals surface area contributed by atoms with Gasteiger partial charge in [-0.1, -0.05) is 22.9 Å². The predicted molar refractivity (Wildman–Crippen MR) is 103 cm³/mol. The van der Waals surface area contributed by atoms with Gasteiger partial charge in [0.2, 0.25) is 15.9 Å². The van der Waals surface area contributed by atoms with Gasteiger partial charge in [-0.2, -0.15) is 13.2 Å². The molecule has 0 saturated carbocycles. The molecule has 3 aromatic rings. The second-order valence-corrected chi connectivity index (χ2v) is 8.50. The summed E-state index contributed by atoms with van der Waals surface area (Å²) in [4.78, 5) is 16.3. The van der Waals surface area contributed by atoms with Crippen LogP contribution in [-0.4, -0.2) is 26.0 Å². The molecule has 0 spiro atoms. The zero-order valence-corrected chi connectivity index (χ0v) is 17.0. The lowest BCUT2D eigenvalue weighted by Gasteiger charge is -2.18. The SMILES string of the molecule is CC(C)(C)NC(=O)/C=C/c1c(-c2ccc(F)cc2Cl)nc2sc(C(F)(F)F)nn12. The van der Waals surface area contributed by atoms with Crippen molar-refractivity contribution in [2.45, 2.75) is 32.5 Å². The van der Waals surface area contributed by atoms with E-state index in [-0.39, 0.29) is 21.4 Å². The molecule has 0 fully saturated rings. The Morgan fingerprint density at radius 3 is 2.55 bits per heavy atom. The van der Waals surface area contributed by atoms with Crippen molar-refractivity contribution < 1.29 is 22.4 Å². The number of aromatic nitrogens is 3. The number of amides is 1. The van der Waals surface area contributed by atoms with E-state index in [2.05, 4.69) is 15.4 Å². The molecule has 3 rings (SSSR count). The van der Waals surface area contributed by atoms with Crippen LogP contribution >= 0.6 is 22.9 Å². The van der Waals surface area contributed by atoms with Gasteiger partial charge >= 0.3 is 6.18 Å². The number of nitrogens with zero attached hydrogens (tertiary/aromatic N) is 3. The van der Waals surface area contributed by atoms with E-state index in [0.717, 1.165) is 16.6 Å². The van der Waals surface area contributed by atoms with Gasteiger partial charge < -0.3 is 5.32 Å². The lowest BCUT2D eigenvalue weighted by atomic mass is 10.1. The largest absolute Gasteiger partial charge is 0.445 e. The Hall–Kier alpha value is -2.46. The van der Waals surface area contributed by atoms with Crippen molar-refractivity contribution in [3.8, 4) is 11.3 Å². The summed E-state index contributed by atoms with van der Waals surface area (Å²) >= 11 is 6.45. The zero-order valence-electron chi connectivity index (χ0n) is 15.4. The lowest BCUT2D eigenvalue weighted by Crippen LogP contribution is -2.39. The molecular formula is C18H15ClF4N4OS. The van der Waals surface area contributed by atoms with Crippen LogP contribution in [0.3, 0.4) is 0 Å². The Labute approximate surface area is 172 Å². The van der Waals surface area contributed by atoms with E-state index >= 15 is 0 Å². The molecule has 2 aromatic heterocycles. The van der Waals surface area contributed by atoms with Crippen LogP contribution in [0.2, 0.25) is 5.02 Å².